The van der Waals surface area contributed by atoms with Crippen LogP contribution in [0.5, 0.6) is 0 Å². The van der Waals surface area contributed by atoms with Crippen LogP contribution < -0.4 is 10.7 Å². The summed E-state index contributed by atoms with van der Waals surface area (Å²) in [7, 11) is 0. The van der Waals surface area contributed by atoms with Crippen LogP contribution in [0.2, 0.25) is 0 Å². The van der Waals surface area contributed by atoms with Crippen molar-refractivity contribution < 1.29 is 4.79 Å². The van der Waals surface area contributed by atoms with Crippen LogP contribution >= 0.6 is 0 Å². The molecule has 0 aliphatic carbocycles. The maximum atomic E-state index is 13.0. The van der Waals surface area contributed by atoms with Gasteiger partial charge in [-0.2, -0.15) is 0 Å². The van der Waals surface area contributed by atoms with Crippen LogP contribution in [0.4, 0.5) is 5.69 Å². The number of pyridine rings is 1. The molecule has 0 spiro atoms. The molecule has 0 radical (unpaired) electrons. The molecular weight excluding hydrogens is 376 g/mol. The molecule has 5 aromatic rings. The number of carbonyl (C=O) groups is 1. The lowest BCUT2D eigenvalue weighted by atomic mass is 10.1. The first-order chi connectivity index (χ1) is 14.7. The molecule has 1 N–H and O–H groups in total. The van der Waals surface area contributed by atoms with E-state index in [4.69, 9.17) is 0 Å². The number of aromatic nitrogens is 3. The number of rotatable bonds is 4. The molecule has 2 heterocycles. The summed E-state index contributed by atoms with van der Waals surface area (Å²) in [6.45, 7) is 0.0829. The molecule has 0 bridgehead atoms. The van der Waals surface area contributed by atoms with E-state index < -0.39 is 0 Å². The highest BCUT2D eigenvalue weighted by molar-refractivity contribution is 5.97. The molecule has 3 aromatic carbocycles. The molecule has 1 amide bonds. The second kappa shape index (κ2) is 7.33. The number of anilines is 1. The lowest BCUT2D eigenvalue weighted by Crippen LogP contribution is -2.22. The average Bonchev–Trinajstić information content (AvgIpc) is 3.32. The van der Waals surface area contributed by atoms with E-state index >= 15 is 0 Å². The smallest absolute Gasteiger partial charge is 0.244 e. The van der Waals surface area contributed by atoms with Gasteiger partial charge >= 0.3 is 0 Å². The molecule has 0 aliphatic heterocycles. The van der Waals surface area contributed by atoms with E-state index in [9.17, 15) is 9.59 Å². The zero-order chi connectivity index (χ0) is 20.5. The molecule has 0 aliphatic rings. The second-order valence-corrected chi connectivity index (χ2v) is 6.98. The predicted molar refractivity (Wildman–Crippen MR) is 118 cm³/mol. The fourth-order valence-electron chi connectivity index (χ4n) is 3.79. The van der Waals surface area contributed by atoms with Crippen molar-refractivity contribution in [1.29, 1.82) is 0 Å². The summed E-state index contributed by atoms with van der Waals surface area (Å²) in [5.74, 6) is -0.179. The number of hydrogen-bond donors (Lipinski definition) is 1. The normalized spacial score (nSPS) is 11.1. The Morgan fingerprint density at radius 2 is 1.50 bits per heavy atom. The minimum absolute atomic E-state index is 0.0247. The highest BCUT2D eigenvalue weighted by atomic mass is 16.2. The second-order valence-electron chi connectivity index (χ2n) is 6.98. The fourth-order valence-corrected chi connectivity index (χ4v) is 3.79. The van der Waals surface area contributed by atoms with Crippen LogP contribution in [0, 0.1) is 0 Å². The first-order valence-corrected chi connectivity index (χ1v) is 9.60. The molecule has 0 unspecified atom stereocenters. The first-order valence-electron chi connectivity index (χ1n) is 9.60. The molecule has 6 nitrogen and oxygen atoms in total. The van der Waals surface area contributed by atoms with Crippen LogP contribution in [-0.2, 0) is 11.3 Å². The molecule has 0 saturated carbocycles. The van der Waals surface area contributed by atoms with E-state index in [1.807, 2.05) is 76.0 Å². The molecule has 30 heavy (non-hydrogen) atoms. The van der Waals surface area contributed by atoms with Gasteiger partial charge in [0.2, 0.25) is 5.91 Å². The molecule has 0 fully saturated rings. The van der Waals surface area contributed by atoms with Crippen molar-refractivity contribution in [3.05, 3.63) is 102 Å². The third kappa shape index (κ3) is 3.04. The highest BCUT2D eigenvalue weighted by Gasteiger charge is 2.14. The van der Waals surface area contributed by atoms with Gasteiger partial charge in [-0.1, -0.05) is 36.4 Å². The van der Waals surface area contributed by atoms with Crippen molar-refractivity contribution in [1.82, 2.24) is 14.1 Å². The maximum Gasteiger partial charge on any atom is 0.244 e. The minimum Gasteiger partial charge on any atom is -0.331 e. The molecule has 5 rings (SSSR count). The zero-order valence-corrected chi connectivity index (χ0v) is 16.0. The molecule has 0 atom stereocenters. The van der Waals surface area contributed by atoms with Crippen molar-refractivity contribution in [3.63, 3.8) is 0 Å². The van der Waals surface area contributed by atoms with Gasteiger partial charge in [0.05, 0.1) is 28.7 Å². The lowest BCUT2D eigenvalue weighted by Gasteiger charge is -2.16. The van der Waals surface area contributed by atoms with Crippen molar-refractivity contribution in [2.24, 2.45) is 0 Å². The van der Waals surface area contributed by atoms with Crippen LogP contribution in [0.1, 0.15) is 0 Å². The van der Waals surface area contributed by atoms with Gasteiger partial charge in [0.15, 0.2) is 5.43 Å². The lowest BCUT2D eigenvalue weighted by molar-refractivity contribution is -0.116. The van der Waals surface area contributed by atoms with E-state index in [2.05, 4.69) is 10.3 Å². The SMILES string of the molecule is O=C(Cn1c2ccccc2c(=O)c2ccccc21)Nc1ccccc1-n1ccnc1. The summed E-state index contributed by atoms with van der Waals surface area (Å²) in [4.78, 5) is 30.0. The average molecular weight is 394 g/mol. The predicted octanol–water partition coefficient (Wildman–Crippen LogP) is 3.98. The molecular formula is C24H18N4O2. The Balaban J connectivity index is 1.56. The van der Waals surface area contributed by atoms with Gasteiger partial charge in [-0.15, -0.1) is 0 Å². The van der Waals surface area contributed by atoms with Crippen LogP contribution in [-0.4, -0.2) is 20.0 Å². The third-order valence-corrected chi connectivity index (χ3v) is 5.14. The topological polar surface area (TPSA) is 68.9 Å². The van der Waals surface area contributed by atoms with Crippen LogP contribution in [0.15, 0.2) is 96.3 Å². The molecule has 146 valence electrons. The van der Waals surface area contributed by atoms with Crippen molar-refractivity contribution >= 4 is 33.4 Å². The number of para-hydroxylation sites is 4. The van der Waals surface area contributed by atoms with Gasteiger partial charge < -0.3 is 14.5 Å². The fraction of sp³-hybridized carbons (Fsp3) is 0.0417. The zero-order valence-electron chi connectivity index (χ0n) is 16.0. The number of carbonyl (C=O) groups excluding carboxylic acids is 1. The standard InChI is InChI=1S/C24H18N4O2/c29-23(26-19-9-3-6-12-22(19)27-14-13-25-16-27)15-28-20-10-4-1-7-17(20)24(30)18-8-2-5-11-21(18)28/h1-14,16H,15H2,(H,26,29). The van der Waals surface area contributed by atoms with Crippen LogP contribution in [0.3, 0.4) is 0 Å². The Kier molecular flexibility index (Phi) is 4.37. The number of benzene rings is 3. The Hall–Kier alpha value is -4.19. The molecule has 6 heteroatoms. The molecule has 0 saturated heterocycles. The van der Waals surface area contributed by atoms with Gasteiger partial charge in [-0.25, -0.2) is 4.98 Å². The first kappa shape index (κ1) is 17.9. The summed E-state index contributed by atoms with van der Waals surface area (Å²) >= 11 is 0. The summed E-state index contributed by atoms with van der Waals surface area (Å²) in [6.07, 6.45) is 5.21. The van der Waals surface area contributed by atoms with Gasteiger partial charge in [0, 0.05) is 23.2 Å². The number of nitrogens with zero attached hydrogens (tertiary/aromatic N) is 3. The van der Waals surface area contributed by atoms with Gasteiger partial charge in [0.1, 0.15) is 6.54 Å². The van der Waals surface area contributed by atoms with Gasteiger partial charge in [-0.3, -0.25) is 9.59 Å². The van der Waals surface area contributed by atoms with Crippen LogP contribution in [0.25, 0.3) is 27.5 Å². The monoisotopic (exact) mass is 394 g/mol. The summed E-state index contributed by atoms with van der Waals surface area (Å²) in [5.41, 5.74) is 2.97. The number of imidazole rings is 1. The Morgan fingerprint density at radius 3 is 2.17 bits per heavy atom. The van der Waals surface area contributed by atoms with E-state index in [1.54, 1.807) is 24.7 Å². The summed E-state index contributed by atoms with van der Waals surface area (Å²) < 4.78 is 3.74. The number of amides is 1. The number of fused-ring (bicyclic) bond motifs is 2. The van der Waals surface area contributed by atoms with Crippen molar-refractivity contribution in [3.8, 4) is 5.69 Å². The van der Waals surface area contributed by atoms with E-state index in [0.717, 1.165) is 16.7 Å². The van der Waals surface area contributed by atoms with E-state index in [-0.39, 0.29) is 17.9 Å². The van der Waals surface area contributed by atoms with Crippen molar-refractivity contribution in [2.45, 2.75) is 6.54 Å². The number of nitrogens with one attached hydrogen (secondary N) is 1. The van der Waals surface area contributed by atoms with Gasteiger partial charge in [-0.05, 0) is 36.4 Å². The molecule has 2 aromatic heterocycles. The highest BCUT2D eigenvalue weighted by Crippen LogP contribution is 2.22. The number of hydrogen-bond acceptors (Lipinski definition) is 3. The Labute approximate surface area is 172 Å². The third-order valence-electron chi connectivity index (χ3n) is 5.14. The van der Waals surface area contributed by atoms with E-state index in [1.165, 1.54) is 0 Å². The quantitative estimate of drug-likeness (QED) is 0.469. The minimum atomic E-state index is -0.179. The largest absolute Gasteiger partial charge is 0.331 e. The summed E-state index contributed by atoms with van der Waals surface area (Å²) in [5, 5.41) is 4.20. The Morgan fingerprint density at radius 1 is 0.867 bits per heavy atom. The van der Waals surface area contributed by atoms with Crippen molar-refractivity contribution in [2.75, 3.05) is 5.32 Å². The maximum absolute atomic E-state index is 13.0. The Bertz CT molecular complexity index is 1380. The van der Waals surface area contributed by atoms with E-state index in [0.29, 0.717) is 16.5 Å². The van der Waals surface area contributed by atoms with Gasteiger partial charge in [0.25, 0.3) is 0 Å². The summed E-state index contributed by atoms with van der Waals surface area (Å²) in [6, 6.07) is 22.3.